The molecule has 0 fully saturated rings. The van der Waals surface area contributed by atoms with Crippen LogP contribution in [0.3, 0.4) is 0 Å². The van der Waals surface area contributed by atoms with E-state index >= 15 is 4.39 Å². The number of carbonyl (C=O) groups excluding carboxylic acids is 1. The maximum atomic E-state index is 16.0. The van der Waals surface area contributed by atoms with E-state index in [0.717, 1.165) is 11.3 Å². The highest BCUT2D eigenvalue weighted by atomic mass is 32.1. The topological polar surface area (TPSA) is 120 Å². The molecule has 12 heteroatoms. The molecule has 1 heterocycles. The van der Waals surface area contributed by atoms with E-state index in [1.807, 2.05) is 6.92 Å². The van der Waals surface area contributed by atoms with Crippen molar-refractivity contribution in [3.8, 4) is 11.5 Å². The smallest absolute Gasteiger partial charge is 0.355 e. The molecule has 0 bridgehead atoms. The maximum Gasteiger partial charge on any atom is 0.355 e. The van der Waals surface area contributed by atoms with Crippen molar-refractivity contribution in [2.75, 3.05) is 26.9 Å². The number of fused-ring (bicyclic) bond motifs is 1. The zero-order valence-corrected chi connectivity index (χ0v) is 22.4. The van der Waals surface area contributed by atoms with Crippen LogP contribution in [0.15, 0.2) is 48.5 Å². The Labute approximate surface area is 218 Å². The second-order valence-electron chi connectivity index (χ2n) is 8.07. The molecule has 200 valence electrons. The van der Waals surface area contributed by atoms with Crippen molar-refractivity contribution in [3.05, 3.63) is 59.0 Å². The number of halogens is 1. The number of ether oxygens (including phenoxy) is 3. The van der Waals surface area contributed by atoms with Gasteiger partial charge >= 0.3 is 19.5 Å². The van der Waals surface area contributed by atoms with Gasteiger partial charge < -0.3 is 23.8 Å². The number of hydrogen-bond donors (Lipinski definition) is 2. The summed E-state index contributed by atoms with van der Waals surface area (Å²) in [6, 6.07) is 10.9. The van der Waals surface area contributed by atoms with Crippen LogP contribution in [0.1, 0.15) is 41.4 Å². The van der Waals surface area contributed by atoms with Gasteiger partial charge in [-0.2, -0.15) is 0 Å². The summed E-state index contributed by atoms with van der Waals surface area (Å²) in [6.45, 7) is 4.02. The summed E-state index contributed by atoms with van der Waals surface area (Å²) < 4.78 is 52.0. The first-order chi connectivity index (χ1) is 17.7. The van der Waals surface area contributed by atoms with Gasteiger partial charge in [0.15, 0.2) is 0 Å². The van der Waals surface area contributed by atoms with Crippen LogP contribution in [0, 0.1) is 0 Å². The van der Waals surface area contributed by atoms with Crippen LogP contribution >= 0.6 is 18.9 Å². The summed E-state index contributed by atoms with van der Waals surface area (Å²) in [7, 11) is -2.91. The van der Waals surface area contributed by atoms with Crippen molar-refractivity contribution in [3.63, 3.8) is 0 Å². The Hall–Kier alpha value is -2.98. The van der Waals surface area contributed by atoms with E-state index in [9.17, 15) is 19.3 Å². The van der Waals surface area contributed by atoms with Gasteiger partial charge in [0.05, 0.1) is 13.2 Å². The van der Waals surface area contributed by atoms with Crippen molar-refractivity contribution in [2.45, 2.75) is 32.2 Å². The lowest BCUT2D eigenvalue weighted by molar-refractivity contribution is -0.145. The summed E-state index contributed by atoms with van der Waals surface area (Å²) in [4.78, 5) is 23.8. The van der Waals surface area contributed by atoms with Gasteiger partial charge in [-0.05, 0) is 54.6 Å². The molecule has 2 N–H and O–H groups in total. The molecule has 1 aromatic heterocycles. The van der Waals surface area contributed by atoms with E-state index < -0.39 is 31.4 Å². The third kappa shape index (κ3) is 7.52. The first-order valence-corrected chi connectivity index (χ1v) is 14.0. The minimum Gasteiger partial charge on any atom is -0.491 e. The molecule has 0 amide bonds. The van der Waals surface area contributed by atoms with Crippen LogP contribution in [0.2, 0.25) is 0 Å². The predicted octanol–water partition coefficient (Wildman–Crippen LogP) is 5.80. The number of benzene rings is 2. The molecular weight excluding hydrogens is 524 g/mol. The van der Waals surface area contributed by atoms with Crippen molar-refractivity contribution >= 4 is 40.9 Å². The van der Waals surface area contributed by atoms with Gasteiger partial charge in [-0.3, -0.25) is 9.36 Å². The number of nitrogens with one attached hydrogen (secondary N) is 1. The Morgan fingerprint density at radius 1 is 1.11 bits per heavy atom. The number of hydrogen-bond acceptors (Lipinski definition) is 8. The molecule has 37 heavy (non-hydrogen) atoms. The summed E-state index contributed by atoms with van der Waals surface area (Å²) in [5, 5.41) is 12.3. The Morgan fingerprint density at radius 3 is 2.57 bits per heavy atom. The van der Waals surface area contributed by atoms with Crippen LogP contribution in [0.25, 0.3) is 10.1 Å². The summed E-state index contributed by atoms with van der Waals surface area (Å²) in [5.74, 6) is -3.53. The number of rotatable bonds is 14. The number of esters is 1. The minimum atomic E-state index is -4.45. The van der Waals surface area contributed by atoms with Crippen molar-refractivity contribution in [2.24, 2.45) is 0 Å². The molecule has 0 saturated carbocycles. The molecule has 0 aliphatic carbocycles. The normalized spacial score (nSPS) is 14.5. The van der Waals surface area contributed by atoms with E-state index in [-0.39, 0.29) is 29.4 Å². The van der Waals surface area contributed by atoms with Crippen LogP contribution < -0.4 is 14.3 Å². The first-order valence-electron chi connectivity index (χ1n) is 11.5. The molecule has 3 unspecified atom stereocenters. The average Bonchev–Trinajstić information content (AvgIpc) is 3.31. The quantitative estimate of drug-likeness (QED) is 0.145. The van der Waals surface area contributed by atoms with Crippen LogP contribution in [-0.2, 0) is 18.8 Å². The molecule has 3 rings (SSSR count). The van der Waals surface area contributed by atoms with E-state index in [2.05, 4.69) is 5.09 Å². The van der Waals surface area contributed by atoms with Gasteiger partial charge in [-0.1, -0.05) is 19.1 Å². The number of carbonyl (C=O) groups is 2. The molecule has 0 radical (unpaired) electrons. The highest BCUT2D eigenvalue weighted by Crippen LogP contribution is 2.58. The lowest BCUT2D eigenvalue weighted by Crippen LogP contribution is -2.35. The first kappa shape index (κ1) is 28.6. The molecule has 2 aromatic carbocycles. The fourth-order valence-electron chi connectivity index (χ4n) is 3.32. The van der Waals surface area contributed by atoms with Gasteiger partial charge in [0.2, 0.25) is 5.91 Å². The summed E-state index contributed by atoms with van der Waals surface area (Å²) in [6.07, 6.45) is 0.590. The molecule has 0 aliphatic rings. The van der Waals surface area contributed by atoms with E-state index in [1.54, 1.807) is 18.2 Å². The SMILES string of the molecule is CCCOC(=O)C(C)NP(=O)(Oc1cccc(OCCOC)c1)C(F)c1ccc2sc(C(=O)O)cc2c1. The number of thiophene rings is 1. The third-order valence-corrected chi connectivity index (χ3v) is 8.33. The predicted molar refractivity (Wildman–Crippen MR) is 139 cm³/mol. The van der Waals surface area contributed by atoms with Gasteiger partial charge in [-0.15, -0.1) is 11.3 Å². The Kier molecular flexibility index (Phi) is 10.0. The number of alkyl halides is 1. The second kappa shape index (κ2) is 13.0. The molecule has 9 nitrogen and oxygen atoms in total. The van der Waals surface area contributed by atoms with E-state index in [4.69, 9.17) is 18.7 Å². The summed E-state index contributed by atoms with van der Waals surface area (Å²) in [5.41, 5.74) is -0.000281. The summed E-state index contributed by atoms with van der Waals surface area (Å²) >= 11 is 1.05. The standard InChI is InChI=1S/C25H29FNO8PS/c1-4-10-34-25(30)16(2)27-36(31,35-20-7-5-6-19(15-20)33-12-11-32-3)23(26)17-8-9-21-18(13-17)14-22(37-21)24(28)29/h5-9,13-16,23H,4,10-12H2,1-3H3,(H,27,31)(H,28,29). The Bertz CT molecular complexity index is 1280. The van der Waals surface area contributed by atoms with Gasteiger partial charge in [0.25, 0.3) is 0 Å². The van der Waals surface area contributed by atoms with Gasteiger partial charge in [0, 0.05) is 17.9 Å². The van der Waals surface area contributed by atoms with Crippen molar-refractivity contribution in [1.82, 2.24) is 5.09 Å². The van der Waals surface area contributed by atoms with Gasteiger partial charge in [0.1, 0.15) is 29.0 Å². The zero-order valence-electron chi connectivity index (χ0n) is 20.6. The monoisotopic (exact) mass is 553 g/mol. The average molecular weight is 554 g/mol. The Balaban J connectivity index is 1.93. The van der Waals surface area contributed by atoms with Crippen LogP contribution in [0.5, 0.6) is 11.5 Å². The largest absolute Gasteiger partial charge is 0.491 e. The fourth-order valence-corrected chi connectivity index (χ4v) is 6.10. The molecular formula is C25H29FNO8PS. The van der Waals surface area contributed by atoms with E-state index in [1.165, 1.54) is 44.4 Å². The highest BCUT2D eigenvalue weighted by Gasteiger charge is 2.41. The second-order valence-corrected chi connectivity index (χ2v) is 11.2. The fraction of sp³-hybridized carbons (Fsp3) is 0.360. The van der Waals surface area contributed by atoms with Crippen molar-refractivity contribution in [1.29, 1.82) is 0 Å². The van der Waals surface area contributed by atoms with Gasteiger partial charge in [-0.25, -0.2) is 14.3 Å². The van der Waals surface area contributed by atoms with Crippen molar-refractivity contribution < 1.29 is 42.4 Å². The van der Waals surface area contributed by atoms with Crippen LogP contribution in [-0.4, -0.2) is 50.0 Å². The molecule has 0 aliphatic heterocycles. The van der Waals surface area contributed by atoms with E-state index in [0.29, 0.717) is 28.9 Å². The minimum absolute atomic E-state index is 0.000281. The van der Waals surface area contributed by atoms with Crippen LogP contribution in [0.4, 0.5) is 4.39 Å². The number of aromatic carboxylic acids is 1. The molecule has 0 spiro atoms. The lowest BCUT2D eigenvalue weighted by atomic mass is 10.2. The number of carboxylic acids is 1. The number of carboxylic acid groups (broad SMARTS) is 1. The zero-order chi connectivity index (χ0) is 27.0. The molecule has 0 saturated heterocycles. The molecule has 3 atom stereocenters. The third-order valence-electron chi connectivity index (χ3n) is 5.10. The Morgan fingerprint density at radius 2 is 1.86 bits per heavy atom. The number of methoxy groups -OCH3 is 1. The maximum absolute atomic E-state index is 16.0. The highest BCUT2D eigenvalue weighted by molar-refractivity contribution is 7.57. The lowest BCUT2D eigenvalue weighted by Gasteiger charge is -2.26. The molecule has 3 aromatic rings.